The largest absolute Gasteiger partial charge is 0.400 e. The molecule has 0 aliphatic carbocycles. The zero-order chi connectivity index (χ0) is 30.8. The standard InChI is InChI=1S/C29H41F2N5O6S/c1-14-5-4-7-20(18(32)13-36(33)19-9-8-16(30)11-17(19)31)43-29-25(39)23(37)24(38)27(42-29)21(14)35-28(40)22-26-15(12-34-22)6-2-3-10-41-26/h4-5,8-9,11,13-15,20-27,29,34,37-39H,2-3,6-7,10,12,32-33H2,1H3,(H,35,40)/b5-4-,18-13-/t14?,15?,20-,21?,22?,23?,24?,25?,26?,27?,29?/m0/s1. The summed E-state index contributed by atoms with van der Waals surface area (Å²) in [6.07, 6.45) is 2.55. The molecule has 1 aromatic carbocycles. The quantitative estimate of drug-likeness (QED) is 0.139. The summed E-state index contributed by atoms with van der Waals surface area (Å²) in [5.74, 6) is 4.01. The molecule has 4 aliphatic heterocycles. The van der Waals surface area contributed by atoms with Crippen LogP contribution in [0.5, 0.6) is 0 Å². The summed E-state index contributed by atoms with van der Waals surface area (Å²) in [4.78, 5) is 13.6. The molecule has 0 saturated carbocycles. The summed E-state index contributed by atoms with van der Waals surface area (Å²) in [5, 5.41) is 39.4. The minimum Gasteiger partial charge on any atom is -0.400 e. The van der Waals surface area contributed by atoms with Crippen molar-refractivity contribution in [2.24, 2.45) is 23.4 Å². The zero-order valence-corrected chi connectivity index (χ0v) is 24.7. The van der Waals surface area contributed by atoms with Crippen LogP contribution in [0.3, 0.4) is 0 Å². The summed E-state index contributed by atoms with van der Waals surface area (Å²) in [6, 6.07) is 1.67. The van der Waals surface area contributed by atoms with E-state index in [4.69, 9.17) is 21.1 Å². The van der Waals surface area contributed by atoms with Crippen molar-refractivity contribution in [3.63, 3.8) is 0 Å². The van der Waals surface area contributed by atoms with Crippen LogP contribution in [-0.4, -0.2) is 87.7 Å². The third kappa shape index (κ3) is 7.01. The molecule has 11 nitrogen and oxygen atoms in total. The van der Waals surface area contributed by atoms with Crippen LogP contribution in [0.1, 0.15) is 32.6 Å². The van der Waals surface area contributed by atoms with E-state index in [1.807, 2.05) is 19.1 Å². The summed E-state index contributed by atoms with van der Waals surface area (Å²) < 4.78 is 39.9. The lowest BCUT2D eigenvalue weighted by molar-refractivity contribution is -0.207. The number of benzene rings is 1. The maximum atomic E-state index is 14.3. The van der Waals surface area contributed by atoms with E-state index in [9.17, 15) is 28.9 Å². The first-order valence-electron chi connectivity index (χ1n) is 14.7. The fraction of sp³-hybridized carbons (Fsp3) is 0.621. The Kier molecular flexibility index (Phi) is 10.3. The van der Waals surface area contributed by atoms with Crippen molar-refractivity contribution in [3.05, 3.63) is 53.9 Å². The lowest BCUT2D eigenvalue weighted by Crippen LogP contribution is -2.65. The fourth-order valence-corrected chi connectivity index (χ4v) is 7.55. The zero-order valence-electron chi connectivity index (χ0n) is 23.9. The monoisotopic (exact) mass is 625 g/mol. The van der Waals surface area contributed by atoms with Crippen LogP contribution in [0.2, 0.25) is 0 Å². The number of carbonyl (C=O) groups is 1. The molecule has 5 rings (SSSR count). The van der Waals surface area contributed by atoms with Gasteiger partial charge < -0.3 is 41.2 Å². The number of aliphatic hydroxyl groups excluding tert-OH is 3. The van der Waals surface area contributed by atoms with Gasteiger partial charge in [0.15, 0.2) is 5.82 Å². The molecule has 3 saturated heterocycles. The molecule has 1 amide bonds. The summed E-state index contributed by atoms with van der Waals surface area (Å²) >= 11 is 1.10. The molecule has 4 heterocycles. The van der Waals surface area contributed by atoms with E-state index < -0.39 is 58.8 Å². The third-order valence-electron chi connectivity index (χ3n) is 8.73. The molecule has 0 spiro atoms. The average Bonchev–Trinajstić information content (AvgIpc) is 3.23. The van der Waals surface area contributed by atoms with Crippen LogP contribution in [0.4, 0.5) is 14.5 Å². The minimum atomic E-state index is -1.56. The van der Waals surface area contributed by atoms with Gasteiger partial charge in [-0.2, -0.15) is 0 Å². The minimum absolute atomic E-state index is 0.0955. The number of hydrogen-bond donors (Lipinski definition) is 7. The number of anilines is 1. The van der Waals surface area contributed by atoms with E-state index >= 15 is 0 Å². The number of hydrazine groups is 1. The van der Waals surface area contributed by atoms with Crippen LogP contribution < -0.4 is 27.2 Å². The highest BCUT2D eigenvalue weighted by atomic mass is 32.2. The predicted molar refractivity (Wildman–Crippen MR) is 157 cm³/mol. The number of amides is 1. The highest BCUT2D eigenvalue weighted by Crippen LogP contribution is 2.37. The Morgan fingerprint density at radius 1 is 1.19 bits per heavy atom. The second-order valence-corrected chi connectivity index (χ2v) is 13.0. The van der Waals surface area contributed by atoms with Gasteiger partial charge in [-0.05, 0) is 43.2 Å². The molecule has 14 heteroatoms. The highest BCUT2D eigenvalue weighted by Gasteiger charge is 2.50. The van der Waals surface area contributed by atoms with E-state index in [1.54, 1.807) is 0 Å². The summed E-state index contributed by atoms with van der Waals surface area (Å²) in [5.41, 5.74) is 5.45. The van der Waals surface area contributed by atoms with Crippen LogP contribution >= 0.6 is 11.8 Å². The van der Waals surface area contributed by atoms with Crippen molar-refractivity contribution >= 4 is 23.4 Å². The van der Waals surface area contributed by atoms with Gasteiger partial charge in [0.05, 0.1) is 23.1 Å². The van der Waals surface area contributed by atoms with Gasteiger partial charge in [-0.3, -0.25) is 9.80 Å². The van der Waals surface area contributed by atoms with Gasteiger partial charge in [-0.15, -0.1) is 11.8 Å². The molecule has 43 heavy (non-hydrogen) atoms. The van der Waals surface area contributed by atoms with Gasteiger partial charge in [0.1, 0.15) is 41.7 Å². The Labute approximate surface area is 253 Å². The van der Waals surface area contributed by atoms with E-state index in [-0.39, 0.29) is 35.2 Å². The number of thioether (sulfide) groups is 1. The maximum absolute atomic E-state index is 14.3. The summed E-state index contributed by atoms with van der Waals surface area (Å²) in [7, 11) is 0. The number of nitrogens with one attached hydrogen (secondary N) is 2. The third-order valence-corrected chi connectivity index (χ3v) is 10.2. The first-order valence-corrected chi connectivity index (χ1v) is 15.6. The van der Waals surface area contributed by atoms with Crippen LogP contribution in [0.15, 0.2) is 42.2 Å². The Bertz CT molecular complexity index is 1210. The van der Waals surface area contributed by atoms with E-state index in [2.05, 4.69) is 10.6 Å². The fourth-order valence-electron chi connectivity index (χ4n) is 6.27. The average molecular weight is 626 g/mol. The number of ether oxygens (including phenoxy) is 2. The SMILES string of the molecule is CC1/C=C\C[C@@H](/C(N)=C/N(N)c2ccc(F)cc2F)SC2OC(C(O)C(O)C2O)C1NC(=O)C1NCC2CCCCOC21. The molecule has 0 radical (unpaired) electrons. The molecule has 3 fully saturated rings. The predicted octanol–water partition coefficient (Wildman–Crippen LogP) is 0.592. The number of nitrogens with zero attached hydrogens (tertiary/aromatic N) is 1. The molecule has 9 N–H and O–H groups in total. The lowest BCUT2D eigenvalue weighted by Gasteiger charge is -2.46. The topological polar surface area (TPSA) is 176 Å². The Balaban J connectivity index is 1.37. The van der Waals surface area contributed by atoms with Crippen LogP contribution in [-0.2, 0) is 14.3 Å². The van der Waals surface area contributed by atoms with E-state index in [1.165, 1.54) is 12.3 Å². The van der Waals surface area contributed by atoms with Gasteiger partial charge in [0.2, 0.25) is 5.91 Å². The number of aliphatic hydroxyl groups is 3. The van der Waals surface area contributed by atoms with Crippen molar-refractivity contribution in [1.29, 1.82) is 0 Å². The number of halogens is 2. The molecule has 10 unspecified atom stereocenters. The van der Waals surface area contributed by atoms with Crippen molar-refractivity contribution < 1.29 is 38.4 Å². The number of fused-ring (bicyclic) bond motifs is 3. The van der Waals surface area contributed by atoms with Gasteiger partial charge in [-0.25, -0.2) is 14.6 Å². The van der Waals surface area contributed by atoms with Crippen molar-refractivity contribution in [3.8, 4) is 0 Å². The normalized spacial score (nSPS) is 39.3. The number of carbonyl (C=O) groups excluding carboxylic acids is 1. The van der Waals surface area contributed by atoms with E-state index in [0.717, 1.165) is 42.1 Å². The summed E-state index contributed by atoms with van der Waals surface area (Å²) in [6.45, 7) is 3.14. The number of rotatable bonds is 5. The maximum Gasteiger partial charge on any atom is 0.240 e. The van der Waals surface area contributed by atoms with Gasteiger partial charge in [0.25, 0.3) is 0 Å². The van der Waals surface area contributed by atoms with Gasteiger partial charge in [-0.1, -0.05) is 25.5 Å². The smallest absolute Gasteiger partial charge is 0.240 e. The lowest BCUT2D eigenvalue weighted by atomic mass is 9.87. The second kappa shape index (κ2) is 13.8. The molecule has 238 valence electrons. The van der Waals surface area contributed by atoms with Crippen LogP contribution in [0.25, 0.3) is 0 Å². The Morgan fingerprint density at radius 3 is 2.74 bits per heavy atom. The second-order valence-electron chi connectivity index (χ2n) is 11.7. The Morgan fingerprint density at radius 2 is 1.98 bits per heavy atom. The number of hydrogen-bond acceptors (Lipinski definition) is 11. The number of nitrogens with two attached hydrogens (primary N) is 2. The first kappa shape index (κ1) is 32.1. The van der Waals surface area contributed by atoms with Gasteiger partial charge >= 0.3 is 0 Å². The van der Waals surface area contributed by atoms with Crippen molar-refractivity contribution in [2.45, 2.75) is 85.9 Å². The van der Waals surface area contributed by atoms with Gasteiger partial charge in [0, 0.05) is 31.1 Å². The molecular weight excluding hydrogens is 584 g/mol. The number of allylic oxidation sites excluding steroid dienone is 1. The molecule has 4 aliphatic rings. The molecule has 11 atom stereocenters. The molecule has 0 aromatic heterocycles. The molecule has 2 bridgehead atoms. The van der Waals surface area contributed by atoms with E-state index in [0.29, 0.717) is 25.6 Å². The molecular formula is C29H41F2N5O6S. The van der Waals surface area contributed by atoms with Crippen LogP contribution in [0, 0.1) is 23.5 Å². The first-order chi connectivity index (χ1) is 20.5. The van der Waals surface area contributed by atoms with Crippen molar-refractivity contribution in [1.82, 2.24) is 10.6 Å². The Hall–Kier alpha value is -2.30. The molecule has 1 aromatic rings. The van der Waals surface area contributed by atoms with Crippen molar-refractivity contribution in [2.75, 3.05) is 18.2 Å². The highest BCUT2D eigenvalue weighted by molar-refractivity contribution is 8.00.